The van der Waals surface area contributed by atoms with Crippen molar-refractivity contribution in [2.45, 2.75) is 32.7 Å². The van der Waals surface area contributed by atoms with E-state index in [1.807, 2.05) is 38.1 Å². The van der Waals surface area contributed by atoms with Gasteiger partial charge in [-0.1, -0.05) is 19.1 Å². The predicted molar refractivity (Wildman–Crippen MR) is 83.0 cm³/mol. The van der Waals surface area contributed by atoms with Gasteiger partial charge in [0.25, 0.3) is 0 Å². The predicted octanol–water partition coefficient (Wildman–Crippen LogP) is 2.77. The topological polar surface area (TPSA) is 38.8 Å². The molecule has 1 aliphatic rings. The molecule has 0 aromatic heterocycles. The van der Waals surface area contributed by atoms with Gasteiger partial charge in [0.15, 0.2) is 5.78 Å². The number of carbonyl (C=O) groups excluding carboxylic acids is 1. The van der Waals surface area contributed by atoms with Crippen molar-refractivity contribution in [3.8, 4) is 5.75 Å². The van der Waals surface area contributed by atoms with Gasteiger partial charge in [0.1, 0.15) is 5.75 Å². The van der Waals surface area contributed by atoms with Gasteiger partial charge in [-0.2, -0.15) is 0 Å². The monoisotopic (exact) mass is 291 g/mol. The van der Waals surface area contributed by atoms with Crippen LogP contribution >= 0.6 is 0 Å². The molecule has 0 radical (unpaired) electrons. The van der Waals surface area contributed by atoms with Crippen molar-refractivity contribution in [1.82, 2.24) is 4.90 Å². The lowest BCUT2D eigenvalue weighted by atomic mass is 9.86. The number of benzene rings is 1. The van der Waals surface area contributed by atoms with Crippen molar-refractivity contribution >= 4 is 5.78 Å². The van der Waals surface area contributed by atoms with Crippen LogP contribution in [0.1, 0.15) is 37.6 Å². The summed E-state index contributed by atoms with van der Waals surface area (Å²) in [7, 11) is 0. The minimum Gasteiger partial charge on any atom is -0.494 e. The van der Waals surface area contributed by atoms with Crippen molar-refractivity contribution < 1.29 is 14.3 Å². The number of morpholine rings is 1. The van der Waals surface area contributed by atoms with E-state index in [1.54, 1.807) is 0 Å². The summed E-state index contributed by atoms with van der Waals surface area (Å²) in [5, 5.41) is 0. The van der Waals surface area contributed by atoms with Crippen LogP contribution in [-0.4, -0.2) is 49.1 Å². The number of ketones is 1. The number of hydrogen-bond acceptors (Lipinski definition) is 4. The lowest BCUT2D eigenvalue weighted by Crippen LogP contribution is -2.56. The molecule has 1 aromatic carbocycles. The summed E-state index contributed by atoms with van der Waals surface area (Å²) < 4.78 is 10.9. The second kappa shape index (κ2) is 7.05. The van der Waals surface area contributed by atoms with Crippen LogP contribution in [0.3, 0.4) is 0 Å². The Labute approximate surface area is 127 Å². The van der Waals surface area contributed by atoms with Gasteiger partial charge in [-0.05, 0) is 32.4 Å². The SMILES string of the molecule is CCOc1cccc(C(=O)C(C)(CC)N2CCOCC2)c1. The molecule has 1 heterocycles. The Kier molecular flexibility index (Phi) is 5.37. The third-order valence-electron chi connectivity index (χ3n) is 4.29. The van der Waals surface area contributed by atoms with Crippen LogP contribution in [0.2, 0.25) is 0 Å². The standard InChI is InChI=1S/C17H25NO3/c1-4-17(3,18-9-11-20-12-10-18)16(19)14-7-6-8-15(13-14)21-5-2/h6-8,13H,4-5,9-12H2,1-3H3. The quantitative estimate of drug-likeness (QED) is 0.756. The highest BCUT2D eigenvalue weighted by atomic mass is 16.5. The second-order valence-corrected chi connectivity index (χ2v) is 5.52. The Hall–Kier alpha value is -1.39. The lowest BCUT2D eigenvalue weighted by Gasteiger charge is -2.41. The molecule has 2 rings (SSSR count). The molecule has 0 N–H and O–H groups in total. The van der Waals surface area contributed by atoms with Crippen LogP contribution in [0, 0.1) is 0 Å². The van der Waals surface area contributed by atoms with Crippen LogP contribution in [0.25, 0.3) is 0 Å². The molecule has 0 aliphatic carbocycles. The third kappa shape index (κ3) is 3.44. The number of ether oxygens (including phenoxy) is 2. The van der Waals surface area contributed by atoms with Crippen LogP contribution in [0.5, 0.6) is 5.75 Å². The highest BCUT2D eigenvalue weighted by Gasteiger charge is 2.38. The molecular formula is C17H25NO3. The maximum atomic E-state index is 13.0. The van der Waals surface area contributed by atoms with Gasteiger partial charge in [0.05, 0.1) is 25.4 Å². The molecule has 1 aromatic rings. The zero-order valence-electron chi connectivity index (χ0n) is 13.2. The van der Waals surface area contributed by atoms with Gasteiger partial charge in [0.2, 0.25) is 0 Å². The molecule has 21 heavy (non-hydrogen) atoms. The van der Waals surface area contributed by atoms with Crippen molar-refractivity contribution in [2.24, 2.45) is 0 Å². The summed E-state index contributed by atoms with van der Waals surface area (Å²) in [6.45, 7) is 9.66. The Balaban J connectivity index is 2.24. The van der Waals surface area contributed by atoms with E-state index in [-0.39, 0.29) is 5.78 Å². The van der Waals surface area contributed by atoms with E-state index >= 15 is 0 Å². The Morgan fingerprint density at radius 2 is 2.05 bits per heavy atom. The van der Waals surface area contributed by atoms with E-state index in [0.29, 0.717) is 19.8 Å². The molecule has 1 aliphatic heterocycles. The molecule has 1 unspecified atom stereocenters. The van der Waals surface area contributed by atoms with Crippen LogP contribution in [0.4, 0.5) is 0 Å². The smallest absolute Gasteiger partial charge is 0.182 e. The molecule has 1 fully saturated rings. The summed E-state index contributed by atoms with van der Waals surface area (Å²) in [6.07, 6.45) is 0.782. The molecule has 116 valence electrons. The molecule has 4 nitrogen and oxygen atoms in total. The fourth-order valence-corrected chi connectivity index (χ4v) is 2.79. The maximum Gasteiger partial charge on any atom is 0.182 e. The van der Waals surface area contributed by atoms with Crippen molar-refractivity contribution in [3.05, 3.63) is 29.8 Å². The normalized spacial score (nSPS) is 19.0. The minimum absolute atomic E-state index is 0.161. The summed E-state index contributed by atoms with van der Waals surface area (Å²) in [4.78, 5) is 15.3. The molecule has 0 saturated carbocycles. The molecule has 1 atom stereocenters. The van der Waals surface area contributed by atoms with E-state index in [2.05, 4.69) is 11.8 Å². The maximum absolute atomic E-state index is 13.0. The van der Waals surface area contributed by atoms with Crippen molar-refractivity contribution in [1.29, 1.82) is 0 Å². The average molecular weight is 291 g/mol. The van der Waals surface area contributed by atoms with Crippen molar-refractivity contribution in [3.63, 3.8) is 0 Å². The second-order valence-electron chi connectivity index (χ2n) is 5.52. The number of rotatable bonds is 6. The molecule has 0 bridgehead atoms. The Morgan fingerprint density at radius 1 is 1.33 bits per heavy atom. The third-order valence-corrected chi connectivity index (χ3v) is 4.29. The molecule has 0 amide bonds. The van der Waals surface area contributed by atoms with Gasteiger partial charge in [-0.3, -0.25) is 9.69 Å². The number of nitrogens with zero attached hydrogens (tertiary/aromatic N) is 1. The summed E-state index contributed by atoms with van der Waals surface area (Å²) >= 11 is 0. The number of Topliss-reactive ketones (excluding diaryl/α,β-unsaturated/α-hetero) is 1. The van der Waals surface area contributed by atoms with Crippen molar-refractivity contribution in [2.75, 3.05) is 32.9 Å². The van der Waals surface area contributed by atoms with Crippen LogP contribution < -0.4 is 4.74 Å². The zero-order chi connectivity index (χ0) is 15.3. The Morgan fingerprint density at radius 3 is 2.67 bits per heavy atom. The van der Waals surface area contributed by atoms with Gasteiger partial charge >= 0.3 is 0 Å². The van der Waals surface area contributed by atoms with Gasteiger partial charge in [-0.25, -0.2) is 0 Å². The van der Waals surface area contributed by atoms with Gasteiger partial charge < -0.3 is 9.47 Å². The average Bonchev–Trinajstić information content (AvgIpc) is 2.55. The van der Waals surface area contributed by atoms with E-state index < -0.39 is 5.54 Å². The number of hydrogen-bond donors (Lipinski definition) is 0. The van der Waals surface area contributed by atoms with E-state index in [4.69, 9.17) is 9.47 Å². The fourth-order valence-electron chi connectivity index (χ4n) is 2.79. The summed E-state index contributed by atoms with van der Waals surface area (Å²) in [6, 6.07) is 7.49. The van der Waals surface area contributed by atoms with Gasteiger partial charge in [0, 0.05) is 18.7 Å². The largest absolute Gasteiger partial charge is 0.494 e. The first kappa shape index (κ1) is 16.0. The van der Waals surface area contributed by atoms with Crippen LogP contribution in [0.15, 0.2) is 24.3 Å². The fraction of sp³-hybridized carbons (Fsp3) is 0.588. The first-order chi connectivity index (χ1) is 10.1. The lowest BCUT2D eigenvalue weighted by molar-refractivity contribution is -0.0106. The molecule has 4 heteroatoms. The first-order valence-electron chi connectivity index (χ1n) is 7.72. The van der Waals surface area contributed by atoms with E-state index in [0.717, 1.165) is 30.8 Å². The summed E-state index contributed by atoms with van der Waals surface area (Å²) in [5.41, 5.74) is 0.242. The first-order valence-corrected chi connectivity index (χ1v) is 7.72. The molecular weight excluding hydrogens is 266 g/mol. The highest BCUT2D eigenvalue weighted by molar-refractivity contribution is 6.03. The molecule has 0 spiro atoms. The minimum atomic E-state index is -0.478. The van der Waals surface area contributed by atoms with Gasteiger partial charge in [-0.15, -0.1) is 0 Å². The summed E-state index contributed by atoms with van der Waals surface area (Å²) in [5.74, 6) is 0.914. The highest BCUT2D eigenvalue weighted by Crippen LogP contribution is 2.27. The Bertz CT molecular complexity index is 483. The number of carbonyl (C=O) groups is 1. The van der Waals surface area contributed by atoms with Crippen LogP contribution in [-0.2, 0) is 4.74 Å². The zero-order valence-corrected chi connectivity index (χ0v) is 13.2. The van der Waals surface area contributed by atoms with E-state index in [1.165, 1.54) is 0 Å². The van der Waals surface area contributed by atoms with E-state index in [9.17, 15) is 4.79 Å². The molecule has 1 saturated heterocycles.